The Morgan fingerprint density at radius 1 is 1.17 bits per heavy atom. The van der Waals surface area contributed by atoms with Crippen LogP contribution in [0.4, 0.5) is 19.0 Å². The van der Waals surface area contributed by atoms with E-state index >= 15 is 0 Å². The molecule has 0 saturated carbocycles. The largest absolute Gasteiger partial charge is 0.433 e. The highest BCUT2D eigenvalue weighted by molar-refractivity contribution is 5.49. The van der Waals surface area contributed by atoms with E-state index in [0.717, 1.165) is 12.5 Å². The number of hydrogen-bond acceptors (Lipinski definition) is 3. The number of halogens is 3. The molecule has 98 valence electrons. The van der Waals surface area contributed by atoms with E-state index in [2.05, 4.69) is 4.98 Å². The SMILES string of the molecule is O=CN1CCN(c2cccc(C(F)(F)F)n2)CC1. The Morgan fingerprint density at radius 2 is 1.83 bits per heavy atom. The molecule has 0 bridgehead atoms. The van der Waals surface area contributed by atoms with E-state index in [1.165, 1.54) is 6.07 Å². The predicted octanol–water partition coefficient (Wildman–Crippen LogP) is 1.38. The summed E-state index contributed by atoms with van der Waals surface area (Å²) in [5, 5.41) is 0. The molecule has 1 saturated heterocycles. The molecule has 0 radical (unpaired) electrons. The maximum absolute atomic E-state index is 12.5. The van der Waals surface area contributed by atoms with E-state index in [-0.39, 0.29) is 0 Å². The molecule has 0 aliphatic carbocycles. The van der Waals surface area contributed by atoms with Crippen LogP contribution in [0.3, 0.4) is 0 Å². The minimum atomic E-state index is -4.43. The molecule has 0 unspecified atom stereocenters. The molecular weight excluding hydrogens is 247 g/mol. The van der Waals surface area contributed by atoms with Crippen LogP contribution in [0, 0.1) is 0 Å². The molecule has 1 aliphatic rings. The van der Waals surface area contributed by atoms with Gasteiger partial charge in [0.25, 0.3) is 0 Å². The van der Waals surface area contributed by atoms with Crippen molar-refractivity contribution < 1.29 is 18.0 Å². The zero-order valence-electron chi connectivity index (χ0n) is 9.52. The smallest absolute Gasteiger partial charge is 0.353 e. The molecule has 18 heavy (non-hydrogen) atoms. The standard InChI is InChI=1S/C11H12F3N3O/c12-11(13,14)9-2-1-3-10(15-9)17-6-4-16(8-18)5-7-17/h1-3,8H,4-7H2. The summed E-state index contributed by atoms with van der Waals surface area (Å²) in [5.74, 6) is 0.301. The van der Waals surface area contributed by atoms with Gasteiger partial charge in [-0.05, 0) is 12.1 Å². The van der Waals surface area contributed by atoms with Gasteiger partial charge in [-0.25, -0.2) is 4.98 Å². The van der Waals surface area contributed by atoms with Gasteiger partial charge in [0.05, 0.1) is 0 Å². The summed E-state index contributed by atoms with van der Waals surface area (Å²) in [6, 6.07) is 3.84. The van der Waals surface area contributed by atoms with Gasteiger partial charge in [-0.3, -0.25) is 4.79 Å². The number of carbonyl (C=O) groups excluding carboxylic acids is 1. The third-order valence-electron chi connectivity index (χ3n) is 2.81. The zero-order chi connectivity index (χ0) is 13.2. The van der Waals surface area contributed by atoms with Crippen molar-refractivity contribution in [3.8, 4) is 0 Å². The summed E-state index contributed by atoms with van der Waals surface area (Å²) in [6.45, 7) is 1.99. The number of anilines is 1. The van der Waals surface area contributed by atoms with E-state index in [1.54, 1.807) is 15.9 Å². The van der Waals surface area contributed by atoms with E-state index < -0.39 is 11.9 Å². The fourth-order valence-electron chi connectivity index (χ4n) is 1.81. The van der Waals surface area contributed by atoms with Crippen molar-refractivity contribution in [1.82, 2.24) is 9.88 Å². The number of aromatic nitrogens is 1. The first-order chi connectivity index (χ1) is 8.50. The number of rotatable bonds is 2. The lowest BCUT2D eigenvalue weighted by atomic mass is 10.3. The average molecular weight is 259 g/mol. The summed E-state index contributed by atoms with van der Waals surface area (Å²) >= 11 is 0. The molecule has 0 N–H and O–H groups in total. The first-order valence-corrected chi connectivity index (χ1v) is 5.49. The second kappa shape index (κ2) is 4.83. The van der Waals surface area contributed by atoms with E-state index in [4.69, 9.17) is 0 Å². The van der Waals surface area contributed by atoms with Crippen molar-refractivity contribution in [3.63, 3.8) is 0 Å². The molecule has 0 atom stereocenters. The summed E-state index contributed by atoms with van der Waals surface area (Å²) < 4.78 is 37.5. The number of piperazine rings is 1. The van der Waals surface area contributed by atoms with Crippen molar-refractivity contribution in [2.75, 3.05) is 31.1 Å². The highest BCUT2D eigenvalue weighted by atomic mass is 19.4. The van der Waals surface area contributed by atoms with Gasteiger partial charge in [0, 0.05) is 26.2 Å². The van der Waals surface area contributed by atoms with E-state index in [0.29, 0.717) is 32.0 Å². The summed E-state index contributed by atoms with van der Waals surface area (Å²) in [7, 11) is 0. The van der Waals surface area contributed by atoms with Crippen LogP contribution in [0.15, 0.2) is 18.2 Å². The molecule has 0 spiro atoms. The third-order valence-corrected chi connectivity index (χ3v) is 2.81. The van der Waals surface area contributed by atoms with Crippen LogP contribution >= 0.6 is 0 Å². The first kappa shape index (κ1) is 12.7. The Bertz CT molecular complexity index is 428. The van der Waals surface area contributed by atoms with Crippen LogP contribution in [0.5, 0.6) is 0 Å². The molecule has 1 aromatic heterocycles. The second-order valence-corrected chi connectivity index (χ2v) is 4.01. The molecule has 2 rings (SSSR count). The summed E-state index contributed by atoms with van der Waals surface area (Å²) in [4.78, 5) is 17.5. The molecule has 1 aliphatic heterocycles. The Kier molecular flexibility index (Phi) is 3.40. The highest BCUT2D eigenvalue weighted by Gasteiger charge is 2.33. The Morgan fingerprint density at radius 3 is 2.39 bits per heavy atom. The van der Waals surface area contributed by atoms with Gasteiger partial charge in [-0.2, -0.15) is 13.2 Å². The fourth-order valence-corrected chi connectivity index (χ4v) is 1.81. The van der Waals surface area contributed by atoms with Crippen molar-refractivity contribution in [3.05, 3.63) is 23.9 Å². The number of alkyl halides is 3. The molecule has 1 fully saturated rings. The minimum Gasteiger partial charge on any atom is -0.353 e. The Labute approximate surface area is 102 Å². The fraction of sp³-hybridized carbons (Fsp3) is 0.455. The highest BCUT2D eigenvalue weighted by Crippen LogP contribution is 2.28. The van der Waals surface area contributed by atoms with Crippen molar-refractivity contribution in [1.29, 1.82) is 0 Å². The number of hydrogen-bond donors (Lipinski definition) is 0. The molecule has 2 heterocycles. The Balaban J connectivity index is 2.12. The van der Waals surface area contributed by atoms with Gasteiger partial charge in [-0.15, -0.1) is 0 Å². The first-order valence-electron chi connectivity index (χ1n) is 5.49. The van der Waals surface area contributed by atoms with E-state index in [9.17, 15) is 18.0 Å². The minimum absolute atomic E-state index is 0.301. The molecule has 4 nitrogen and oxygen atoms in total. The quantitative estimate of drug-likeness (QED) is 0.753. The van der Waals surface area contributed by atoms with Crippen LogP contribution < -0.4 is 4.90 Å². The number of nitrogens with zero attached hydrogens (tertiary/aromatic N) is 3. The van der Waals surface area contributed by atoms with E-state index in [1.807, 2.05) is 0 Å². The lowest BCUT2D eigenvalue weighted by Gasteiger charge is -2.33. The maximum atomic E-state index is 12.5. The molecule has 0 aromatic carbocycles. The van der Waals surface area contributed by atoms with Gasteiger partial charge in [-0.1, -0.05) is 6.07 Å². The van der Waals surface area contributed by atoms with Crippen molar-refractivity contribution in [2.45, 2.75) is 6.18 Å². The van der Waals surface area contributed by atoms with Gasteiger partial charge in [0.1, 0.15) is 11.5 Å². The molecule has 1 amide bonds. The van der Waals surface area contributed by atoms with Crippen LogP contribution in [0.2, 0.25) is 0 Å². The van der Waals surface area contributed by atoms with Crippen LogP contribution in [0.25, 0.3) is 0 Å². The van der Waals surface area contributed by atoms with Crippen LogP contribution in [-0.2, 0) is 11.0 Å². The van der Waals surface area contributed by atoms with Gasteiger partial charge >= 0.3 is 6.18 Å². The van der Waals surface area contributed by atoms with Crippen molar-refractivity contribution >= 4 is 12.2 Å². The van der Waals surface area contributed by atoms with Crippen LogP contribution in [-0.4, -0.2) is 42.5 Å². The third kappa shape index (κ3) is 2.72. The van der Waals surface area contributed by atoms with Gasteiger partial charge in [0.2, 0.25) is 6.41 Å². The summed E-state index contributed by atoms with van der Waals surface area (Å²) in [5.41, 5.74) is -0.891. The molecular formula is C11H12F3N3O. The normalized spacial score (nSPS) is 16.8. The number of pyridine rings is 1. The van der Waals surface area contributed by atoms with Gasteiger partial charge in [0.15, 0.2) is 0 Å². The monoisotopic (exact) mass is 259 g/mol. The van der Waals surface area contributed by atoms with Crippen molar-refractivity contribution in [2.24, 2.45) is 0 Å². The lowest BCUT2D eigenvalue weighted by molar-refractivity contribution is -0.141. The average Bonchev–Trinajstić information content (AvgIpc) is 2.38. The predicted molar refractivity (Wildman–Crippen MR) is 59.1 cm³/mol. The topological polar surface area (TPSA) is 36.4 Å². The summed E-state index contributed by atoms with van der Waals surface area (Å²) in [6.07, 6.45) is -3.68. The zero-order valence-corrected chi connectivity index (χ0v) is 9.52. The lowest BCUT2D eigenvalue weighted by Crippen LogP contribution is -2.46. The molecule has 7 heteroatoms. The van der Waals surface area contributed by atoms with Gasteiger partial charge < -0.3 is 9.80 Å². The molecule has 1 aromatic rings. The van der Waals surface area contributed by atoms with Crippen LogP contribution in [0.1, 0.15) is 5.69 Å². The number of amides is 1. The maximum Gasteiger partial charge on any atom is 0.433 e. The number of carbonyl (C=O) groups is 1. The Hall–Kier alpha value is -1.79. The second-order valence-electron chi connectivity index (χ2n) is 4.01.